The van der Waals surface area contributed by atoms with E-state index in [1.165, 1.54) is 12.1 Å². The lowest BCUT2D eigenvalue weighted by molar-refractivity contribution is 0.536. The molecule has 112 valence electrons. The number of aryl methyl sites for hydroxylation is 1. The number of nitriles is 1. The van der Waals surface area contributed by atoms with Crippen molar-refractivity contribution >= 4 is 22.4 Å². The number of rotatable bonds is 6. The molecule has 1 atom stereocenters. The summed E-state index contributed by atoms with van der Waals surface area (Å²) >= 11 is 0. The first-order valence-electron chi connectivity index (χ1n) is 6.14. The van der Waals surface area contributed by atoms with Crippen LogP contribution in [0.4, 0.5) is 0 Å². The Labute approximate surface area is 126 Å². The van der Waals surface area contributed by atoms with Gasteiger partial charge >= 0.3 is 0 Å². The number of nitrogens with zero attached hydrogens (tertiary/aromatic N) is 1. The predicted molar refractivity (Wildman–Crippen MR) is 81.5 cm³/mol. The lowest BCUT2D eigenvalue weighted by Gasteiger charge is -2.14. The van der Waals surface area contributed by atoms with Gasteiger partial charge in [-0.25, -0.2) is 13.1 Å². The SMILES string of the molecule is CCN[C@H](C)CNS(=O)(=O)c1ccc(C#N)cc1C.Cl. The van der Waals surface area contributed by atoms with Gasteiger partial charge < -0.3 is 5.32 Å². The number of sulfonamides is 1. The summed E-state index contributed by atoms with van der Waals surface area (Å²) in [6, 6.07) is 6.60. The zero-order valence-corrected chi connectivity index (χ0v) is 13.4. The fourth-order valence-electron chi connectivity index (χ4n) is 1.75. The van der Waals surface area contributed by atoms with Crippen LogP contribution in [0.1, 0.15) is 25.0 Å². The van der Waals surface area contributed by atoms with E-state index in [0.717, 1.165) is 6.54 Å². The first kappa shape index (κ1) is 18.9. The van der Waals surface area contributed by atoms with Crippen LogP contribution in [0.25, 0.3) is 0 Å². The van der Waals surface area contributed by atoms with Crippen LogP contribution in [0.2, 0.25) is 0 Å². The Hall–Kier alpha value is -1.13. The Balaban J connectivity index is 0.00000361. The molecule has 0 aliphatic carbocycles. The van der Waals surface area contributed by atoms with Gasteiger partial charge in [0.05, 0.1) is 16.5 Å². The molecule has 0 spiro atoms. The predicted octanol–water partition coefficient (Wildman–Crippen LogP) is 1.56. The maximum absolute atomic E-state index is 12.1. The van der Waals surface area contributed by atoms with E-state index in [1.807, 2.05) is 19.9 Å². The molecule has 0 heterocycles. The molecule has 0 unspecified atom stereocenters. The molecule has 7 heteroatoms. The van der Waals surface area contributed by atoms with Crippen molar-refractivity contribution in [1.82, 2.24) is 10.0 Å². The molecule has 0 bridgehead atoms. The minimum absolute atomic E-state index is 0. The standard InChI is InChI=1S/C13H19N3O2S.ClH/c1-4-15-11(3)9-16-19(17,18)13-6-5-12(8-14)7-10(13)2;/h5-7,11,15-16H,4,9H2,1-3H3;1H/t11-;/m1./s1. The number of benzene rings is 1. The van der Waals surface area contributed by atoms with Crippen molar-refractivity contribution in [3.63, 3.8) is 0 Å². The summed E-state index contributed by atoms with van der Waals surface area (Å²) in [6.07, 6.45) is 0. The van der Waals surface area contributed by atoms with E-state index in [2.05, 4.69) is 10.0 Å². The summed E-state index contributed by atoms with van der Waals surface area (Å²) in [6.45, 7) is 6.69. The maximum Gasteiger partial charge on any atom is 0.240 e. The highest BCUT2D eigenvalue weighted by Crippen LogP contribution is 2.16. The molecule has 0 aliphatic heterocycles. The van der Waals surface area contributed by atoms with Gasteiger partial charge in [0.1, 0.15) is 0 Å². The molecule has 1 rings (SSSR count). The van der Waals surface area contributed by atoms with Crippen molar-refractivity contribution < 1.29 is 8.42 Å². The molecule has 0 radical (unpaired) electrons. The number of likely N-dealkylation sites (N-methyl/N-ethyl adjacent to an activating group) is 1. The number of halogens is 1. The van der Waals surface area contributed by atoms with Crippen molar-refractivity contribution in [2.24, 2.45) is 0 Å². The topological polar surface area (TPSA) is 82.0 Å². The third-order valence-electron chi connectivity index (χ3n) is 2.73. The molecular formula is C13H20ClN3O2S. The number of hydrogen-bond acceptors (Lipinski definition) is 4. The highest BCUT2D eigenvalue weighted by molar-refractivity contribution is 7.89. The summed E-state index contributed by atoms with van der Waals surface area (Å²) in [4.78, 5) is 0.218. The monoisotopic (exact) mass is 317 g/mol. The second-order valence-corrected chi connectivity index (χ2v) is 6.14. The molecule has 0 saturated carbocycles. The van der Waals surface area contributed by atoms with E-state index in [1.54, 1.807) is 13.0 Å². The van der Waals surface area contributed by atoms with Gasteiger partial charge in [-0.15, -0.1) is 12.4 Å². The van der Waals surface area contributed by atoms with Crippen molar-refractivity contribution in [2.45, 2.75) is 31.7 Å². The fourth-order valence-corrected chi connectivity index (χ4v) is 3.11. The van der Waals surface area contributed by atoms with Crippen molar-refractivity contribution in [1.29, 1.82) is 5.26 Å². The third kappa shape index (κ3) is 5.10. The van der Waals surface area contributed by atoms with Gasteiger partial charge in [-0.3, -0.25) is 0 Å². The molecule has 2 N–H and O–H groups in total. The Morgan fingerprint density at radius 2 is 2.05 bits per heavy atom. The average Bonchev–Trinajstić information content (AvgIpc) is 2.36. The van der Waals surface area contributed by atoms with Crippen molar-refractivity contribution in [3.05, 3.63) is 29.3 Å². The average molecular weight is 318 g/mol. The van der Waals surface area contributed by atoms with Crippen molar-refractivity contribution in [2.75, 3.05) is 13.1 Å². The summed E-state index contributed by atoms with van der Waals surface area (Å²) < 4.78 is 26.8. The van der Waals surface area contributed by atoms with Gasteiger partial charge in [0.15, 0.2) is 0 Å². The fraction of sp³-hybridized carbons (Fsp3) is 0.462. The van der Waals surface area contributed by atoms with Crippen LogP contribution >= 0.6 is 12.4 Å². The van der Waals surface area contributed by atoms with Crippen LogP contribution in [-0.2, 0) is 10.0 Å². The molecule has 0 aliphatic rings. The van der Waals surface area contributed by atoms with E-state index in [-0.39, 0.29) is 23.3 Å². The normalized spacial score (nSPS) is 12.3. The van der Waals surface area contributed by atoms with Gasteiger partial charge in [-0.2, -0.15) is 5.26 Å². The molecule has 1 aromatic rings. The summed E-state index contributed by atoms with van der Waals surface area (Å²) in [5.41, 5.74) is 1.03. The van der Waals surface area contributed by atoms with Crippen LogP contribution in [0.3, 0.4) is 0 Å². The Kier molecular flexibility index (Phi) is 7.76. The lowest BCUT2D eigenvalue weighted by Crippen LogP contribution is -2.38. The van der Waals surface area contributed by atoms with Gasteiger partial charge in [0.2, 0.25) is 10.0 Å². The van der Waals surface area contributed by atoms with Crippen LogP contribution in [0.15, 0.2) is 23.1 Å². The van der Waals surface area contributed by atoms with Gasteiger partial charge in [-0.05, 0) is 44.2 Å². The molecular weight excluding hydrogens is 298 g/mol. The number of hydrogen-bond donors (Lipinski definition) is 2. The molecule has 5 nitrogen and oxygen atoms in total. The van der Waals surface area contributed by atoms with Gasteiger partial charge in [0.25, 0.3) is 0 Å². The minimum atomic E-state index is -3.53. The van der Waals surface area contributed by atoms with Crippen molar-refractivity contribution in [3.8, 4) is 6.07 Å². The minimum Gasteiger partial charge on any atom is -0.313 e. The molecule has 0 fully saturated rings. The summed E-state index contributed by atoms with van der Waals surface area (Å²) in [5, 5.41) is 11.9. The largest absolute Gasteiger partial charge is 0.313 e. The third-order valence-corrected chi connectivity index (χ3v) is 4.31. The second-order valence-electron chi connectivity index (χ2n) is 4.40. The zero-order chi connectivity index (χ0) is 14.5. The van der Waals surface area contributed by atoms with E-state index in [4.69, 9.17) is 5.26 Å². The highest BCUT2D eigenvalue weighted by atomic mass is 35.5. The van der Waals surface area contributed by atoms with E-state index < -0.39 is 10.0 Å². The molecule has 20 heavy (non-hydrogen) atoms. The van der Waals surface area contributed by atoms with Crippen LogP contribution in [-0.4, -0.2) is 27.5 Å². The highest BCUT2D eigenvalue weighted by Gasteiger charge is 2.17. The van der Waals surface area contributed by atoms with E-state index in [0.29, 0.717) is 17.7 Å². The van der Waals surface area contributed by atoms with Crippen LogP contribution < -0.4 is 10.0 Å². The first-order valence-corrected chi connectivity index (χ1v) is 7.62. The zero-order valence-electron chi connectivity index (χ0n) is 11.8. The van der Waals surface area contributed by atoms with E-state index >= 15 is 0 Å². The van der Waals surface area contributed by atoms with Crippen LogP contribution in [0.5, 0.6) is 0 Å². The Morgan fingerprint density at radius 1 is 1.40 bits per heavy atom. The Bertz CT molecular complexity index is 582. The van der Waals surface area contributed by atoms with E-state index in [9.17, 15) is 8.42 Å². The number of nitrogens with one attached hydrogen (secondary N) is 2. The van der Waals surface area contributed by atoms with Gasteiger partial charge in [0, 0.05) is 12.6 Å². The van der Waals surface area contributed by atoms with Gasteiger partial charge in [-0.1, -0.05) is 6.92 Å². The summed E-state index contributed by atoms with van der Waals surface area (Å²) in [5.74, 6) is 0. The smallest absolute Gasteiger partial charge is 0.240 e. The Morgan fingerprint density at radius 3 is 2.55 bits per heavy atom. The first-order chi connectivity index (χ1) is 8.90. The molecule has 0 amide bonds. The molecule has 0 aromatic heterocycles. The quantitative estimate of drug-likeness (QED) is 0.834. The van der Waals surface area contributed by atoms with Crippen LogP contribution in [0, 0.1) is 18.3 Å². The molecule has 1 aromatic carbocycles. The summed E-state index contributed by atoms with van der Waals surface area (Å²) in [7, 11) is -3.53. The maximum atomic E-state index is 12.1. The second kappa shape index (κ2) is 8.22. The lowest BCUT2D eigenvalue weighted by atomic mass is 10.2. The molecule has 0 saturated heterocycles.